The van der Waals surface area contributed by atoms with E-state index in [0.717, 1.165) is 5.56 Å². The molecular weight excluding hydrogens is 377 g/mol. The van der Waals surface area contributed by atoms with Crippen molar-refractivity contribution in [1.29, 1.82) is 0 Å². The van der Waals surface area contributed by atoms with Crippen LogP contribution in [0.2, 0.25) is 5.02 Å². The first-order valence-electron chi connectivity index (χ1n) is 9.05. The van der Waals surface area contributed by atoms with Gasteiger partial charge in [0.25, 0.3) is 5.91 Å². The van der Waals surface area contributed by atoms with E-state index in [2.05, 4.69) is 5.32 Å². The fourth-order valence-corrected chi connectivity index (χ4v) is 3.06. The van der Waals surface area contributed by atoms with Gasteiger partial charge in [-0.1, -0.05) is 60.1 Å². The molecule has 3 aromatic rings. The highest BCUT2D eigenvalue weighted by molar-refractivity contribution is 6.30. The lowest BCUT2D eigenvalue weighted by Gasteiger charge is -2.19. The van der Waals surface area contributed by atoms with Gasteiger partial charge < -0.3 is 10.1 Å². The van der Waals surface area contributed by atoms with Gasteiger partial charge in [-0.05, 0) is 47.9 Å². The first kappa shape index (κ1) is 19.9. The van der Waals surface area contributed by atoms with E-state index >= 15 is 0 Å². The summed E-state index contributed by atoms with van der Waals surface area (Å²) >= 11 is 5.83. The van der Waals surface area contributed by atoms with Crippen LogP contribution in [0.1, 0.15) is 17.0 Å². The molecule has 3 aromatic carbocycles. The number of nitrogens with one attached hydrogen (secondary N) is 1. The Labute approximate surface area is 169 Å². The molecule has 0 heterocycles. The molecule has 3 nitrogen and oxygen atoms in total. The van der Waals surface area contributed by atoms with Crippen LogP contribution in [0, 0.1) is 5.82 Å². The van der Waals surface area contributed by atoms with Crippen molar-refractivity contribution in [3.63, 3.8) is 0 Å². The third-order valence-corrected chi connectivity index (χ3v) is 4.68. The highest BCUT2D eigenvalue weighted by Gasteiger charge is 2.16. The second-order valence-corrected chi connectivity index (χ2v) is 6.89. The van der Waals surface area contributed by atoms with Crippen LogP contribution in [0.5, 0.6) is 5.75 Å². The molecule has 0 saturated carbocycles. The predicted molar refractivity (Wildman–Crippen MR) is 109 cm³/mol. The topological polar surface area (TPSA) is 38.3 Å². The van der Waals surface area contributed by atoms with Gasteiger partial charge >= 0.3 is 0 Å². The lowest BCUT2D eigenvalue weighted by atomic mass is 9.91. The second kappa shape index (κ2) is 9.90. The van der Waals surface area contributed by atoms with Crippen molar-refractivity contribution >= 4 is 17.5 Å². The summed E-state index contributed by atoms with van der Waals surface area (Å²) in [6.45, 7) is 0.296. The smallest absolute Gasteiger partial charge is 0.257 e. The highest BCUT2D eigenvalue weighted by Crippen LogP contribution is 2.22. The van der Waals surface area contributed by atoms with Gasteiger partial charge in [-0.15, -0.1) is 0 Å². The van der Waals surface area contributed by atoms with Gasteiger partial charge in [0.1, 0.15) is 11.6 Å². The lowest BCUT2D eigenvalue weighted by Crippen LogP contribution is -2.33. The van der Waals surface area contributed by atoms with Crippen molar-refractivity contribution in [1.82, 2.24) is 5.32 Å². The molecule has 144 valence electrons. The summed E-state index contributed by atoms with van der Waals surface area (Å²) in [5, 5.41) is 3.50. The Hall–Kier alpha value is -2.85. The van der Waals surface area contributed by atoms with E-state index < -0.39 is 0 Å². The van der Waals surface area contributed by atoms with Crippen molar-refractivity contribution in [3.8, 4) is 5.75 Å². The van der Waals surface area contributed by atoms with Crippen LogP contribution in [0.15, 0.2) is 78.9 Å². The number of halogens is 2. The second-order valence-electron chi connectivity index (χ2n) is 6.45. The van der Waals surface area contributed by atoms with Gasteiger partial charge in [0.05, 0.1) is 0 Å². The van der Waals surface area contributed by atoms with Crippen molar-refractivity contribution in [3.05, 3.63) is 101 Å². The maximum absolute atomic E-state index is 14.1. The van der Waals surface area contributed by atoms with Gasteiger partial charge in [-0.25, -0.2) is 4.39 Å². The van der Waals surface area contributed by atoms with Crippen molar-refractivity contribution in [2.24, 2.45) is 0 Å². The van der Waals surface area contributed by atoms with Gasteiger partial charge in [0.15, 0.2) is 6.61 Å². The Balaban J connectivity index is 1.60. The van der Waals surface area contributed by atoms with Gasteiger partial charge in [0.2, 0.25) is 0 Å². The van der Waals surface area contributed by atoms with Crippen LogP contribution in [0.25, 0.3) is 0 Å². The molecule has 0 saturated heterocycles. The van der Waals surface area contributed by atoms with E-state index in [9.17, 15) is 9.18 Å². The predicted octanol–water partition coefficient (Wildman–Crippen LogP) is 5.00. The molecule has 1 atom stereocenters. The van der Waals surface area contributed by atoms with Gasteiger partial charge in [-0.2, -0.15) is 0 Å². The molecule has 0 radical (unpaired) electrons. The minimum Gasteiger partial charge on any atom is -0.484 e. The van der Waals surface area contributed by atoms with E-state index in [-0.39, 0.29) is 24.2 Å². The zero-order chi connectivity index (χ0) is 19.8. The summed E-state index contributed by atoms with van der Waals surface area (Å²) in [4.78, 5) is 12.2. The first-order chi connectivity index (χ1) is 13.6. The van der Waals surface area contributed by atoms with E-state index in [1.165, 1.54) is 6.07 Å². The van der Waals surface area contributed by atoms with Crippen LogP contribution < -0.4 is 10.1 Å². The zero-order valence-corrected chi connectivity index (χ0v) is 16.0. The van der Waals surface area contributed by atoms with Crippen molar-refractivity contribution in [2.75, 3.05) is 13.2 Å². The largest absolute Gasteiger partial charge is 0.484 e. The third-order valence-electron chi connectivity index (χ3n) is 4.42. The van der Waals surface area contributed by atoms with Crippen molar-refractivity contribution < 1.29 is 13.9 Å². The van der Waals surface area contributed by atoms with Crippen molar-refractivity contribution in [2.45, 2.75) is 12.3 Å². The maximum atomic E-state index is 14.1. The highest BCUT2D eigenvalue weighted by atomic mass is 35.5. The third kappa shape index (κ3) is 5.83. The Morgan fingerprint density at radius 2 is 1.64 bits per heavy atom. The minimum absolute atomic E-state index is 0.0439. The molecule has 0 bridgehead atoms. The molecule has 0 aliphatic rings. The normalized spacial score (nSPS) is 11.6. The Kier molecular flexibility index (Phi) is 7.04. The number of hydrogen-bond donors (Lipinski definition) is 1. The first-order valence-corrected chi connectivity index (χ1v) is 9.43. The molecule has 0 aliphatic carbocycles. The van der Waals surface area contributed by atoms with Gasteiger partial charge in [0, 0.05) is 17.5 Å². The molecule has 0 fully saturated rings. The van der Waals surface area contributed by atoms with Crippen LogP contribution in [-0.4, -0.2) is 19.1 Å². The fourth-order valence-electron chi connectivity index (χ4n) is 2.93. The van der Waals surface area contributed by atoms with E-state index in [1.54, 1.807) is 36.4 Å². The SMILES string of the molecule is O=C(COc1ccc(Cl)cc1)NC[C@@H](Cc1ccccc1F)c1ccccc1. The summed E-state index contributed by atoms with van der Waals surface area (Å²) in [7, 11) is 0. The van der Waals surface area contributed by atoms with Crippen LogP contribution in [-0.2, 0) is 11.2 Å². The summed E-state index contributed by atoms with van der Waals surface area (Å²) in [6.07, 6.45) is 0.495. The monoisotopic (exact) mass is 397 g/mol. The Morgan fingerprint density at radius 1 is 0.964 bits per heavy atom. The van der Waals surface area contributed by atoms with Crippen LogP contribution in [0.3, 0.4) is 0 Å². The molecule has 0 unspecified atom stereocenters. The molecule has 0 aromatic heterocycles. The minimum atomic E-state index is -0.235. The molecular formula is C23H21ClFNO2. The Morgan fingerprint density at radius 3 is 2.36 bits per heavy atom. The summed E-state index contributed by atoms with van der Waals surface area (Å²) < 4.78 is 19.6. The van der Waals surface area contributed by atoms with E-state index in [0.29, 0.717) is 29.3 Å². The molecule has 0 spiro atoms. The van der Waals surface area contributed by atoms with Gasteiger partial charge in [-0.3, -0.25) is 4.79 Å². The molecule has 28 heavy (non-hydrogen) atoms. The molecule has 3 rings (SSSR count). The molecule has 1 amide bonds. The number of rotatable bonds is 8. The number of carbonyl (C=O) groups excluding carboxylic acids is 1. The molecule has 5 heteroatoms. The zero-order valence-electron chi connectivity index (χ0n) is 15.3. The average molecular weight is 398 g/mol. The molecule has 0 aliphatic heterocycles. The number of benzene rings is 3. The average Bonchev–Trinajstić information content (AvgIpc) is 2.72. The summed E-state index contributed by atoms with van der Waals surface area (Å²) in [5.41, 5.74) is 1.67. The lowest BCUT2D eigenvalue weighted by molar-refractivity contribution is -0.123. The number of hydrogen-bond acceptors (Lipinski definition) is 2. The summed E-state index contributed by atoms with van der Waals surface area (Å²) in [5.74, 6) is 0.0633. The number of ether oxygens (including phenoxy) is 1. The molecule has 1 N–H and O–H groups in total. The number of amides is 1. The van der Waals surface area contributed by atoms with E-state index in [4.69, 9.17) is 16.3 Å². The number of carbonyl (C=O) groups is 1. The standard InChI is InChI=1S/C23H21ClFNO2/c24-20-10-12-21(13-11-20)28-16-23(27)26-15-19(17-6-2-1-3-7-17)14-18-8-4-5-9-22(18)25/h1-13,19H,14-16H2,(H,26,27)/t19-/m1/s1. The van der Waals surface area contributed by atoms with Crippen LogP contribution >= 0.6 is 11.6 Å². The van der Waals surface area contributed by atoms with E-state index in [1.807, 2.05) is 36.4 Å². The maximum Gasteiger partial charge on any atom is 0.257 e. The quantitative estimate of drug-likeness (QED) is 0.580. The van der Waals surface area contributed by atoms with Crippen LogP contribution in [0.4, 0.5) is 4.39 Å². The Bertz CT molecular complexity index is 900. The summed E-state index contributed by atoms with van der Waals surface area (Å²) in [6, 6.07) is 23.3. The fraction of sp³-hybridized carbons (Fsp3) is 0.174.